The quantitative estimate of drug-likeness (QED) is 0.630. The van der Waals surface area contributed by atoms with Gasteiger partial charge in [0.2, 0.25) is 0 Å². The summed E-state index contributed by atoms with van der Waals surface area (Å²) >= 11 is 0. The van der Waals surface area contributed by atoms with Crippen molar-refractivity contribution in [2.24, 2.45) is 5.41 Å². The molecule has 1 unspecified atom stereocenters. The van der Waals surface area contributed by atoms with Gasteiger partial charge in [0.05, 0.1) is 6.10 Å². The Balaban J connectivity index is 2.50. The van der Waals surface area contributed by atoms with Gasteiger partial charge in [-0.1, -0.05) is 32.9 Å². The van der Waals surface area contributed by atoms with Crippen LogP contribution in [0.15, 0.2) is 12.2 Å². The molecule has 0 aromatic heterocycles. The monoisotopic (exact) mass is 197 g/mol. The molecule has 1 rings (SSSR count). The second-order valence-electron chi connectivity index (χ2n) is 5.33. The Kier molecular flexibility index (Phi) is 3.73. The molecule has 0 amide bonds. The summed E-state index contributed by atoms with van der Waals surface area (Å²) in [4.78, 5) is 2.36. The fourth-order valence-corrected chi connectivity index (χ4v) is 1.78. The number of likely N-dealkylation sites (N-methyl/N-ethyl adjacent to an activating group) is 1. The SMILES string of the molecule is CO[C@@H]1CC(/C=C/C(C)(C)C)N(C)C1. The molecule has 1 saturated heterocycles. The molecule has 0 radical (unpaired) electrons. The molecule has 1 heterocycles. The van der Waals surface area contributed by atoms with Gasteiger partial charge in [-0.05, 0) is 18.9 Å². The second kappa shape index (κ2) is 4.45. The summed E-state index contributed by atoms with van der Waals surface area (Å²) in [5.41, 5.74) is 0.284. The maximum atomic E-state index is 5.37. The molecule has 2 nitrogen and oxygen atoms in total. The highest BCUT2D eigenvalue weighted by Crippen LogP contribution is 2.22. The largest absolute Gasteiger partial charge is 0.380 e. The van der Waals surface area contributed by atoms with Crippen LogP contribution >= 0.6 is 0 Å². The van der Waals surface area contributed by atoms with Crippen LogP contribution in [0.2, 0.25) is 0 Å². The first-order valence-corrected chi connectivity index (χ1v) is 5.35. The van der Waals surface area contributed by atoms with Gasteiger partial charge in [-0.15, -0.1) is 0 Å². The van der Waals surface area contributed by atoms with E-state index in [0.717, 1.165) is 13.0 Å². The lowest BCUT2D eigenvalue weighted by molar-refractivity contribution is 0.111. The Morgan fingerprint density at radius 1 is 1.36 bits per heavy atom. The molecule has 0 N–H and O–H groups in total. The lowest BCUT2D eigenvalue weighted by atomic mass is 9.95. The Bertz CT molecular complexity index is 205. The molecule has 0 aliphatic carbocycles. The fraction of sp³-hybridized carbons (Fsp3) is 0.833. The lowest BCUT2D eigenvalue weighted by Crippen LogP contribution is -2.23. The van der Waals surface area contributed by atoms with E-state index in [4.69, 9.17) is 4.74 Å². The normalized spacial score (nSPS) is 30.4. The zero-order valence-corrected chi connectivity index (χ0v) is 10.1. The highest BCUT2D eigenvalue weighted by Gasteiger charge is 2.27. The number of likely N-dealkylation sites (tertiary alicyclic amines) is 1. The van der Waals surface area contributed by atoms with Crippen molar-refractivity contribution in [3.63, 3.8) is 0 Å². The molecular formula is C12H23NO. The van der Waals surface area contributed by atoms with Crippen molar-refractivity contribution in [2.45, 2.75) is 39.3 Å². The third kappa shape index (κ3) is 3.43. The van der Waals surface area contributed by atoms with E-state index in [0.29, 0.717) is 12.1 Å². The Morgan fingerprint density at radius 3 is 2.43 bits per heavy atom. The van der Waals surface area contributed by atoms with E-state index in [-0.39, 0.29) is 5.41 Å². The minimum atomic E-state index is 0.284. The molecule has 2 atom stereocenters. The first kappa shape index (κ1) is 11.7. The number of nitrogens with zero attached hydrogens (tertiary/aromatic N) is 1. The van der Waals surface area contributed by atoms with Crippen LogP contribution in [0.3, 0.4) is 0 Å². The second-order valence-corrected chi connectivity index (χ2v) is 5.33. The smallest absolute Gasteiger partial charge is 0.0716 e. The van der Waals surface area contributed by atoms with E-state index in [1.807, 2.05) is 0 Å². The van der Waals surface area contributed by atoms with Crippen molar-refractivity contribution in [1.82, 2.24) is 4.90 Å². The zero-order chi connectivity index (χ0) is 10.8. The highest BCUT2D eigenvalue weighted by molar-refractivity contribution is 5.03. The van der Waals surface area contributed by atoms with Crippen molar-refractivity contribution in [2.75, 3.05) is 20.7 Å². The van der Waals surface area contributed by atoms with E-state index in [1.165, 1.54) is 0 Å². The van der Waals surface area contributed by atoms with Gasteiger partial charge in [0, 0.05) is 19.7 Å². The van der Waals surface area contributed by atoms with Crippen LogP contribution in [0.5, 0.6) is 0 Å². The van der Waals surface area contributed by atoms with Crippen molar-refractivity contribution >= 4 is 0 Å². The molecule has 14 heavy (non-hydrogen) atoms. The number of hydrogen-bond donors (Lipinski definition) is 0. The molecule has 2 heteroatoms. The molecule has 0 bridgehead atoms. The summed E-state index contributed by atoms with van der Waals surface area (Å²) < 4.78 is 5.37. The molecule has 1 aliphatic rings. The maximum Gasteiger partial charge on any atom is 0.0716 e. The zero-order valence-electron chi connectivity index (χ0n) is 10.1. The van der Waals surface area contributed by atoms with Crippen molar-refractivity contribution < 1.29 is 4.74 Å². The van der Waals surface area contributed by atoms with Crippen LogP contribution in [-0.4, -0.2) is 37.7 Å². The molecule has 0 aromatic carbocycles. The van der Waals surface area contributed by atoms with Crippen molar-refractivity contribution in [3.8, 4) is 0 Å². The van der Waals surface area contributed by atoms with Crippen LogP contribution in [0, 0.1) is 5.41 Å². The van der Waals surface area contributed by atoms with Crippen LogP contribution < -0.4 is 0 Å². The molecule has 0 spiro atoms. The van der Waals surface area contributed by atoms with Crippen LogP contribution in [0.25, 0.3) is 0 Å². The summed E-state index contributed by atoms with van der Waals surface area (Å²) in [7, 11) is 3.96. The summed E-state index contributed by atoms with van der Waals surface area (Å²) in [6.45, 7) is 7.74. The Labute approximate surface area is 87.9 Å². The van der Waals surface area contributed by atoms with Gasteiger partial charge in [-0.25, -0.2) is 0 Å². The molecule has 1 aliphatic heterocycles. The van der Waals surface area contributed by atoms with Gasteiger partial charge in [-0.3, -0.25) is 4.90 Å². The van der Waals surface area contributed by atoms with Gasteiger partial charge >= 0.3 is 0 Å². The first-order valence-electron chi connectivity index (χ1n) is 5.35. The summed E-state index contributed by atoms with van der Waals surface area (Å²) in [5.74, 6) is 0. The van der Waals surface area contributed by atoms with Gasteiger partial charge in [-0.2, -0.15) is 0 Å². The van der Waals surface area contributed by atoms with Crippen molar-refractivity contribution in [3.05, 3.63) is 12.2 Å². The molecule has 1 fully saturated rings. The van der Waals surface area contributed by atoms with Crippen LogP contribution in [0.1, 0.15) is 27.2 Å². The average molecular weight is 197 g/mol. The van der Waals surface area contributed by atoms with Gasteiger partial charge in [0.25, 0.3) is 0 Å². The molecule has 0 saturated carbocycles. The summed E-state index contributed by atoms with van der Waals surface area (Å²) in [6, 6.07) is 0.555. The van der Waals surface area contributed by atoms with E-state index in [9.17, 15) is 0 Å². The third-order valence-corrected chi connectivity index (χ3v) is 2.71. The third-order valence-electron chi connectivity index (χ3n) is 2.71. The van der Waals surface area contributed by atoms with Gasteiger partial charge < -0.3 is 4.74 Å². The molecule has 0 aromatic rings. The maximum absolute atomic E-state index is 5.37. The predicted molar refractivity (Wildman–Crippen MR) is 60.4 cm³/mol. The summed E-state index contributed by atoms with van der Waals surface area (Å²) in [5, 5.41) is 0. The number of allylic oxidation sites excluding steroid dienone is 1. The molecule has 82 valence electrons. The van der Waals surface area contributed by atoms with E-state index in [1.54, 1.807) is 7.11 Å². The van der Waals surface area contributed by atoms with Gasteiger partial charge in [0.1, 0.15) is 0 Å². The first-order chi connectivity index (χ1) is 6.42. The van der Waals surface area contributed by atoms with Crippen LogP contribution in [-0.2, 0) is 4.74 Å². The van der Waals surface area contributed by atoms with Gasteiger partial charge in [0.15, 0.2) is 0 Å². The standard InChI is InChI=1S/C12H23NO/c1-12(2,3)7-6-10-8-11(14-5)9-13(10)4/h6-7,10-11H,8-9H2,1-5H3/b7-6+/t10?,11-/m1/s1. The van der Waals surface area contributed by atoms with E-state index in [2.05, 4.69) is 44.9 Å². The average Bonchev–Trinajstić information content (AvgIpc) is 2.42. The van der Waals surface area contributed by atoms with E-state index >= 15 is 0 Å². The number of hydrogen-bond acceptors (Lipinski definition) is 2. The van der Waals surface area contributed by atoms with Crippen LogP contribution in [0.4, 0.5) is 0 Å². The number of methoxy groups -OCH3 is 1. The highest BCUT2D eigenvalue weighted by atomic mass is 16.5. The Morgan fingerprint density at radius 2 is 2.00 bits per heavy atom. The Hall–Kier alpha value is -0.340. The molecular weight excluding hydrogens is 174 g/mol. The van der Waals surface area contributed by atoms with E-state index < -0.39 is 0 Å². The number of rotatable bonds is 2. The minimum Gasteiger partial charge on any atom is -0.380 e. The predicted octanol–water partition coefficient (Wildman–Crippen LogP) is 2.31. The topological polar surface area (TPSA) is 12.5 Å². The summed E-state index contributed by atoms with van der Waals surface area (Å²) in [6.07, 6.45) is 6.15. The number of ether oxygens (including phenoxy) is 1. The minimum absolute atomic E-state index is 0.284. The lowest BCUT2D eigenvalue weighted by Gasteiger charge is -2.17. The van der Waals surface area contributed by atoms with Crippen molar-refractivity contribution in [1.29, 1.82) is 0 Å². The fourth-order valence-electron chi connectivity index (χ4n) is 1.78.